The van der Waals surface area contributed by atoms with Gasteiger partial charge in [-0.15, -0.1) is 11.6 Å². The molecule has 3 nitrogen and oxygen atoms in total. The Kier molecular flexibility index (Phi) is 5.25. The van der Waals surface area contributed by atoms with Gasteiger partial charge >= 0.3 is 0 Å². The second-order valence-corrected chi connectivity index (χ2v) is 6.66. The number of halogens is 3. The van der Waals surface area contributed by atoms with Crippen molar-refractivity contribution < 1.29 is 9.13 Å². The molecule has 110 valence electrons. The van der Waals surface area contributed by atoms with Crippen LogP contribution in [0.4, 0.5) is 4.39 Å². The van der Waals surface area contributed by atoms with Crippen LogP contribution in [0.3, 0.4) is 0 Å². The van der Waals surface area contributed by atoms with E-state index in [1.54, 1.807) is 13.2 Å². The number of benzene rings is 1. The lowest BCUT2D eigenvalue weighted by Crippen LogP contribution is -2.12. The summed E-state index contributed by atoms with van der Waals surface area (Å²) >= 11 is 8.20. The third kappa shape index (κ3) is 3.09. The maximum atomic E-state index is 13.8. The molecule has 0 aliphatic carbocycles. The molecule has 2 rings (SSSR count). The van der Waals surface area contributed by atoms with E-state index < -0.39 is 0 Å². The summed E-state index contributed by atoms with van der Waals surface area (Å²) in [6.45, 7) is 4.59. The van der Waals surface area contributed by atoms with Crippen LogP contribution >= 0.6 is 34.2 Å². The summed E-state index contributed by atoms with van der Waals surface area (Å²) < 4.78 is 21.6. The number of aromatic nitrogens is 2. The Balaban J connectivity index is 2.58. The quantitative estimate of drug-likeness (QED) is 0.529. The normalized spacial score (nSPS) is 14.7. The molecule has 0 spiro atoms. The van der Waals surface area contributed by atoms with Crippen LogP contribution in [-0.4, -0.2) is 23.3 Å². The molecule has 0 aliphatic heterocycles. The Hall–Kier alpha value is -0.400. The third-order valence-electron chi connectivity index (χ3n) is 3.30. The first-order chi connectivity index (χ1) is 9.45. The minimum atomic E-state index is -0.230. The van der Waals surface area contributed by atoms with Gasteiger partial charge in [-0.2, -0.15) is 0 Å². The number of ether oxygens (including phenoxy) is 1. The highest BCUT2D eigenvalue weighted by atomic mass is 127. The Labute approximate surface area is 136 Å². The minimum absolute atomic E-state index is 0.149. The molecule has 1 aromatic heterocycles. The maximum Gasteiger partial charge on any atom is 0.138 e. The van der Waals surface area contributed by atoms with Crippen LogP contribution in [0.5, 0.6) is 0 Å². The van der Waals surface area contributed by atoms with Gasteiger partial charge in [0.2, 0.25) is 0 Å². The van der Waals surface area contributed by atoms with Gasteiger partial charge < -0.3 is 9.30 Å². The number of hydrogen-bond donors (Lipinski definition) is 0. The molecule has 1 aromatic carbocycles. The molecule has 0 aliphatic rings. The van der Waals surface area contributed by atoms with E-state index in [0.29, 0.717) is 10.2 Å². The molecule has 1 heterocycles. The minimum Gasteiger partial charge on any atom is -0.385 e. The number of hydrogen-bond acceptors (Lipinski definition) is 2. The molecule has 0 radical (unpaired) electrons. The Morgan fingerprint density at radius 1 is 1.45 bits per heavy atom. The average molecular weight is 411 g/mol. The summed E-state index contributed by atoms with van der Waals surface area (Å²) in [5.41, 5.74) is 1.57. The molecule has 2 atom stereocenters. The van der Waals surface area contributed by atoms with E-state index in [0.717, 1.165) is 23.3 Å². The lowest BCUT2D eigenvalue weighted by atomic mass is 10.2. The Morgan fingerprint density at radius 2 is 2.15 bits per heavy atom. The van der Waals surface area contributed by atoms with Crippen molar-refractivity contribution in [2.75, 3.05) is 13.7 Å². The van der Waals surface area contributed by atoms with E-state index in [1.807, 2.05) is 34.1 Å². The number of fused-ring (bicyclic) bond motifs is 1. The second-order valence-electron chi connectivity index (χ2n) is 4.84. The van der Waals surface area contributed by atoms with E-state index in [9.17, 15) is 4.39 Å². The molecular weight excluding hydrogens is 394 g/mol. The van der Waals surface area contributed by atoms with Crippen molar-refractivity contribution in [3.05, 3.63) is 27.3 Å². The van der Waals surface area contributed by atoms with Crippen molar-refractivity contribution in [1.29, 1.82) is 0 Å². The third-order valence-corrected chi connectivity index (χ3v) is 4.32. The summed E-state index contributed by atoms with van der Waals surface area (Å²) in [6.07, 6.45) is 0.826. The number of rotatable bonds is 5. The molecule has 0 saturated carbocycles. The lowest BCUT2D eigenvalue weighted by molar-refractivity contribution is 0.181. The number of alkyl halides is 1. The summed E-state index contributed by atoms with van der Waals surface area (Å²) in [6, 6.07) is 3.44. The first kappa shape index (κ1) is 16.0. The SMILES string of the molecule is COCCC(C)n1c(C(C)Cl)nc2cc(I)c(F)cc21. The average Bonchev–Trinajstić information content (AvgIpc) is 2.75. The predicted octanol–water partition coefficient (Wildman–Crippen LogP) is 4.68. The van der Waals surface area contributed by atoms with Gasteiger partial charge in [-0.1, -0.05) is 0 Å². The van der Waals surface area contributed by atoms with Crippen LogP contribution in [-0.2, 0) is 4.74 Å². The second kappa shape index (κ2) is 6.58. The molecule has 0 bridgehead atoms. The zero-order valence-electron chi connectivity index (χ0n) is 11.7. The predicted molar refractivity (Wildman–Crippen MR) is 87.9 cm³/mol. The number of imidazole rings is 1. The molecule has 0 amide bonds. The largest absolute Gasteiger partial charge is 0.385 e. The van der Waals surface area contributed by atoms with Crippen LogP contribution in [0.25, 0.3) is 11.0 Å². The number of methoxy groups -OCH3 is 1. The van der Waals surface area contributed by atoms with Gasteiger partial charge in [0.25, 0.3) is 0 Å². The fourth-order valence-electron chi connectivity index (χ4n) is 2.27. The van der Waals surface area contributed by atoms with Gasteiger partial charge in [0.05, 0.1) is 20.0 Å². The fourth-order valence-corrected chi connectivity index (χ4v) is 2.87. The monoisotopic (exact) mass is 410 g/mol. The van der Waals surface area contributed by atoms with Gasteiger partial charge in [-0.05, 0) is 48.9 Å². The van der Waals surface area contributed by atoms with Crippen molar-refractivity contribution in [2.24, 2.45) is 0 Å². The van der Waals surface area contributed by atoms with Gasteiger partial charge in [-0.25, -0.2) is 9.37 Å². The van der Waals surface area contributed by atoms with Crippen LogP contribution in [0.15, 0.2) is 12.1 Å². The number of nitrogens with zero attached hydrogens (tertiary/aromatic N) is 2. The zero-order chi connectivity index (χ0) is 14.9. The molecule has 0 N–H and O–H groups in total. The van der Waals surface area contributed by atoms with Crippen LogP contribution in [0.1, 0.15) is 37.5 Å². The van der Waals surface area contributed by atoms with Gasteiger partial charge in [0.1, 0.15) is 11.6 Å². The summed E-state index contributed by atoms with van der Waals surface area (Å²) in [7, 11) is 1.67. The van der Waals surface area contributed by atoms with Crippen LogP contribution in [0.2, 0.25) is 0 Å². The lowest BCUT2D eigenvalue weighted by Gasteiger charge is -2.18. The van der Waals surface area contributed by atoms with Gasteiger partial charge in [0.15, 0.2) is 0 Å². The van der Waals surface area contributed by atoms with E-state index in [1.165, 1.54) is 6.07 Å². The van der Waals surface area contributed by atoms with Crippen molar-refractivity contribution in [3.63, 3.8) is 0 Å². The highest BCUT2D eigenvalue weighted by molar-refractivity contribution is 14.1. The molecule has 0 fully saturated rings. The van der Waals surface area contributed by atoms with E-state index >= 15 is 0 Å². The van der Waals surface area contributed by atoms with Gasteiger partial charge in [0, 0.05) is 25.8 Å². The van der Waals surface area contributed by atoms with Crippen LogP contribution in [0, 0.1) is 9.39 Å². The molecule has 6 heteroatoms. The topological polar surface area (TPSA) is 27.1 Å². The van der Waals surface area contributed by atoms with E-state index in [-0.39, 0.29) is 17.2 Å². The molecule has 0 saturated heterocycles. The van der Waals surface area contributed by atoms with Crippen molar-refractivity contribution in [3.8, 4) is 0 Å². The zero-order valence-corrected chi connectivity index (χ0v) is 14.6. The molecule has 20 heavy (non-hydrogen) atoms. The summed E-state index contributed by atoms with van der Waals surface area (Å²) in [4.78, 5) is 4.56. The van der Waals surface area contributed by atoms with Crippen molar-refractivity contribution in [2.45, 2.75) is 31.7 Å². The highest BCUT2D eigenvalue weighted by Gasteiger charge is 2.20. The molecule has 2 unspecified atom stereocenters. The van der Waals surface area contributed by atoms with E-state index in [2.05, 4.69) is 11.9 Å². The summed E-state index contributed by atoms with van der Waals surface area (Å²) in [5, 5.41) is -0.229. The van der Waals surface area contributed by atoms with Crippen molar-refractivity contribution >= 4 is 45.2 Å². The Bertz CT molecular complexity index is 615. The molecular formula is C14H17ClFIN2O. The first-order valence-electron chi connectivity index (χ1n) is 6.45. The smallest absolute Gasteiger partial charge is 0.138 e. The maximum absolute atomic E-state index is 13.8. The van der Waals surface area contributed by atoms with Crippen LogP contribution < -0.4 is 0 Å². The highest BCUT2D eigenvalue weighted by Crippen LogP contribution is 2.30. The molecule has 2 aromatic rings. The van der Waals surface area contributed by atoms with E-state index in [4.69, 9.17) is 16.3 Å². The van der Waals surface area contributed by atoms with Crippen molar-refractivity contribution in [1.82, 2.24) is 9.55 Å². The first-order valence-corrected chi connectivity index (χ1v) is 7.97. The van der Waals surface area contributed by atoms with Gasteiger partial charge in [-0.3, -0.25) is 0 Å². The fraction of sp³-hybridized carbons (Fsp3) is 0.500. The summed E-state index contributed by atoms with van der Waals surface area (Å²) in [5.74, 6) is 0.540. The Morgan fingerprint density at radius 3 is 2.75 bits per heavy atom. The standard InChI is InChI=1S/C14H17ClFIN2O/c1-8(4-5-20-3)19-13-6-10(16)11(17)7-12(13)18-14(19)9(2)15/h6-9H,4-5H2,1-3H3.